The summed E-state index contributed by atoms with van der Waals surface area (Å²) in [6.45, 7) is 4.00. The minimum atomic E-state index is -1.07. The average molecular weight is 238 g/mol. The van der Waals surface area contributed by atoms with Crippen molar-refractivity contribution in [2.75, 3.05) is 0 Å². The number of hydrogen-bond donors (Lipinski definition) is 3. The van der Waals surface area contributed by atoms with Gasteiger partial charge in [-0.05, 0) is 18.2 Å². The molecule has 1 aromatic rings. The van der Waals surface area contributed by atoms with E-state index in [1.165, 1.54) is 18.2 Å². The molecule has 0 aromatic carbocycles. The molecule has 0 unspecified atom stereocenters. The summed E-state index contributed by atoms with van der Waals surface area (Å²) in [5.41, 5.74) is 0.907. The normalized spacial score (nSPS) is 10.2. The van der Waals surface area contributed by atoms with E-state index < -0.39 is 11.9 Å². The molecule has 3 N–H and O–H groups in total. The van der Waals surface area contributed by atoms with Crippen molar-refractivity contribution in [1.82, 2.24) is 10.2 Å². The van der Waals surface area contributed by atoms with Crippen LogP contribution in [0, 0.1) is 0 Å². The molecule has 6 nitrogen and oxygen atoms in total. The summed E-state index contributed by atoms with van der Waals surface area (Å²) in [5, 5.41) is 23.0. The number of carboxylic acids is 2. The highest BCUT2D eigenvalue weighted by atomic mass is 16.4. The van der Waals surface area contributed by atoms with E-state index in [1.54, 1.807) is 0 Å². The molecule has 0 aliphatic carbocycles. The predicted molar refractivity (Wildman–Crippen MR) is 63.3 cm³/mol. The fourth-order valence-corrected chi connectivity index (χ4v) is 0.841. The maximum absolute atomic E-state index is 10.2. The van der Waals surface area contributed by atoms with Crippen molar-refractivity contribution in [1.29, 1.82) is 0 Å². The molecule has 1 aromatic heterocycles. The molecule has 1 heterocycles. The van der Waals surface area contributed by atoms with Gasteiger partial charge in [-0.1, -0.05) is 13.8 Å². The van der Waals surface area contributed by atoms with E-state index in [0.717, 1.165) is 12.2 Å². The minimum Gasteiger partial charge on any atom is -0.478 e. The molecule has 0 amide bonds. The van der Waals surface area contributed by atoms with E-state index in [9.17, 15) is 9.59 Å². The molecule has 0 saturated carbocycles. The Bertz CT molecular complexity index is 394. The number of carboxylic acid groups (broad SMARTS) is 2. The number of rotatable bonds is 4. The van der Waals surface area contributed by atoms with E-state index in [-0.39, 0.29) is 0 Å². The van der Waals surface area contributed by atoms with Gasteiger partial charge in [0, 0.05) is 12.2 Å². The predicted octanol–water partition coefficient (Wildman–Crippen LogP) is 1.63. The van der Waals surface area contributed by atoms with Gasteiger partial charge >= 0.3 is 11.9 Å². The largest absolute Gasteiger partial charge is 0.478 e. The molecular weight excluding hydrogens is 224 g/mol. The molecule has 17 heavy (non-hydrogen) atoms. The quantitative estimate of drug-likeness (QED) is 0.692. The van der Waals surface area contributed by atoms with Crippen LogP contribution in [0.3, 0.4) is 0 Å². The van der Waals surface area contributed by atoms with Crippen molar-refractivity contribution >= 4 is 24.1 Å². The first-order valence-corrected chi connectivity index (χ1v) is 4.95. The van der Waals surface area contributed by atoms with Crippen LogP contribution in [0.15, 0.2) is 18.2 Å². The van der Waals surface area contributed by atoms with Gasteiger partial charge in [-0.2, -0.15) is 5.10 Å². The molecule has 1 rings (SSSR count). The Morgan fingerprint density at radius 2 is 1.71 bits per heavy atom. The number of H-pyrrole nitrogens is 1. The molecule has 6 heteroatoms. The summed E-state index contributed by atoms with van der Waals surface area (Å²) in [6, 6.07) is 1.53. The van der Waals surface area contributed by atoms with Crippen molar-refractivity contribution in [3.05, 3.63) is 29.6 Å². The third-order valence-electron chi connectivity index (χ3n) is 1.42. The second-order valence-corrected chi connectivity index (χ2v) is 2.59. The van der Waals surface area contributed by atoms with E-state index in [2.05, 4.69) is 10.2 Å². The maximum Gasteiger partial charge on any atom is 0.328 e. The second-order valence-electron chi connectivity index (χ2n) is 2.59. The molecule has 92 valence electrons. The summed E-state index contributed by atoms with van der Waals surface area (Å²) in [6.07, 6.45) is 4.53. The first-order valence-electron chi connectivity index (χ1n) is 4.95. The van der Waals surface area contributed by atoms with Gasteiger partial charge in [-0.3, -0.25) is 5.10 Å². The zero-order valence-corrected chi connectivity index (χ0v) is 9.54. The van der Waals surface area contributed by atoms with Gasteiger partial charge < -0.3 is 10.2 Å². The van der Waals surface area contributed by atoms with Crippen LogP contribution in [0.5, 0.6) is 0 Å². The van der Waals surface area contributed by atoms with Crippen LogP contribution in [0.4, 0.5) is 0 Å². The van der Waals surface area contributed by atoms with Gasteiger partial charge in [0.25, 0.3) is 0 Å². The lowest BCUT2D eigenvalue weighted by molar-refractivity contribution is -0.132. The molecule has 0 radical (unpaired) electrons. The Morgan fingerprint density at radius 1 is 1.18 bits per heavy atom. The van der Waals surface area contributed by atoms with Crippen LogP contribution in [0.2, 0.25) is 0 Å². The number of aromatic amines is 1. The number of hydrogen-bond acceptors (Lipinski definition) is 3. The van der Waals surface area contributed by atoms with Crippen LogP contribution in [-0.4, -0.2) is 32.3 Å². The molecule has 0 bridgehead atoms. The Morgan fingerprint density at radius 3 is 2.24 bits per heavy atom. The van der Waals surface area contributed by atoms with Gasteiger partial charge in [0.2, 0.25) is 0 Å². The third kappa shape index (κ3) is 6.67. The molecule has 0 fully saturated rings. The van der Waals surface area contributed by atoms with E-state index >= 15 is 0 Å². The summed E-state index contributed by atoms with van der Waals surface area (Å²) in [7, 11) is 0. The zero-order valence-electron chi connectivity index (χ0n) is 9.54. The fraction of sp³-hybridized carbons (Fsp3) is 0.182. The third-order valence-corrected chi connectivity index (χ3v) is 1.42. The highest BCUT2D eigenvalue weighted by Gasteiger charge is 1.96. The number of carbonyl (C=O) groups is 2. The molecule has 0 aliphatic rings. The molecule has 0 spiro atoms. The zero-order chi connectivity index (χ0) is 13.3. The number of aromatic nitrogens is 2. The lowest BCUT2D eigenvalue weighted by atomic mass is 10.3. The van der Waals surface area contributed by atoms with Crippen molar-refractivity contribution in [2.24, 2.45) is 0 Å². The van der Waals surface area contributed by atoms with Crippen molar-refractivity contribution in [2.45, 2.75) is 13.8 Å². The average Bonchev–Trinajstić information content (AvgIpc) is 2.74. The second kappa shape index (κ2) is 7.86. The van der Waals surface area contributed by atoms with Gasteiger partial charge in [0.15, 0.2) is 0 Å². The molecule has 0 atom stereocenters. The molecule has 0 saturated heterocycles. The number of aliphatic carboxylic acids is 2. The van der Waals surface area contributed by atoms with E-state index in [4.69, 9.17) is 10.2 Å². The minimum absolute atomic E-state index is 0.419. The van der Waals surface area contributed by atoms with Crippen molar-refractivity contribution in [3.8, 4) is 0 Å². The van der Waals surface area contributed by atoms with E-state index in [1.807, 2.05) is 13.8 Å². The lowest BCUT2D eigenvalue weighted by Gasteiger charge is -1.80. The van der Waals surface area contributed by atoms with Crippen LogP contribution >= 0.6 is 0 Å². The van der Waals surface area contributed by atoms with Gasteiger partial charge in [0.1, 0.15) is 0 Å². The van der Waals surface area contributed by atoms with Crippen molar-refractivity contribution < 1.29 is 19.8 Å². The van der Waals surface area contributed by atoms with Crippen LogP contribution in [-0.2, 0) is 9.59 Å². The first kappa shape index (κ1) is 14.6. The summed E-state index contributed by atoms with van der Waals surface area (Å²) in [4.78, 5) is 20.4. The maximum atomic E-state index is 10.2. The standard InChI is InChI=1S/C9H8N2O4.C2H6/c12-8(13)3-1-6-5-7(11-10-6)2-4-9(14)15;1-2/h1-5H,(H,10,11)(H,12,13)(H,14,15);1-2H3/b3-1+,4-2+;. The molecular formula is C11H14N2O4. The summed E-state index contributed by atoms with van der Waals surface area (Å²) >= 11 is 0. The Hall–Kier alpha value is -2.37. The fourth-order valence-electron chi connectivity index (χ4n) is 0.841. The summed E-state index contributed by atoms with van der Waals surface area (Å²) < 4.78 is 0. The Balaban J connectivity index is 0.00000121. The summed E-state index contributed by atoms with van der Waals surface area (Å²) in [5.74, 6) is -2.13. The lowest BCUT2D eigenvalue weighted by Crippen LogP contribution is -1.85. The first-order chi connectivity index (χ1) is 8.08. The Labute approximate surface area is 98.3 Å². The topological polar surface area (TPSA) is 103 Å². The molecule has 0 aliphatic heterocycles. The number of nitrogens with one attached hydrogen (secondary N) is 1. The SMILES string of the molecule is CC.O=C(O)/C=C/c1cc(/C=C/C(=O)O)[nH]n1. The monoisotopic (exact) mass is 238 g/mol. The van der Waals surface area contributed by atoms with Gasteiger partial charge in [-0.15, -0.1) is 0 Å². The highest BCUT2D eigenvalue weighted by Crippen LogP contribution is 2.03. The van der Waals surface area contributed by atoms with Crippen LogP contribution < -0.4 is 0 Å². The van der Waals surface area contributed by atoms with E-state index in [0.29, 0.717) is 11.4 Å². The van der Waals surface area contributed by atoms with Gasteiger partial charge in [0.05, 0.1) is 11.4 Å². The smallest absolute Gasteiger partial charge is 0.328 e. The van der Waals surface area contributed by atoms with Crippen LogP contribution in [0.1, 0.15) is 25.2 Å². The van der Waals surface area contributed by atoms with Gasteiger partial charge in [-0.25, -0.2) is 9.59 Å². The number of nitrogens with zero attached hydrogens (tertiary/aromatic N) is 1. The Kier molecular flexibility index (Phi) is 6.77. The highest BCUT2D eigenvalue weighted by molar-refractivity contribution is 5.86. The van der Waals surface area contributed by atoms with Crippen LogP contribution in [0.25, 0.3) is 12.2 Å². The van der Waals surface area contributed by atoms with Crippen molar-refractivity contribution in [3.63, 3.8) is 0 Å².